The Hall–Kier alpha value is -1.71. The van der Waals surface area contributed by atoms with Gasteiger partial charge in [0, 0.05) is 18.7 Å². The molecule has 1 aromatic carbocycles. The molecule has 0 spiro atoms. The van der Waals surface area contributed by atoms with Crippen molar-refractivity contribution in [2.45, 2.75) is 19.3 Å². The summed E-state index contributed by atoms with van der Waals surface area (Å²) in [6.07, 6.45) is 3.91. The predicted octanol–water partition coefficient (Wildman–Crippen LogP) is 2.29. The van der Waals surface area contributed by atoms with E-state index in [4.69, 9.17) is 9.47 Å². The Morgan fingerprint density at radius 1 is 1.11 bits per heavy atom. The molecule has 2 heterocycles. The maximum absolute atomic E-state index is 12.5. The Morgan fingerprint density at radius 3 is 2.63 bits per heavy atom. The van der Waals surface area contributed by atoms with Crippen LogP contribution in [0.3, 0.4) is 0 Å². The lowest BCUT2D eigenvalue weighted by Gasteiger charge is -2.17. The largest absolute Gasteiger partial charge is 0.454 e. The number of likely N-dealkylation sites (tertiary alicyclic amines) is 1. The maximum atomic E-state index is 12.5. The predicted molar refractivity (Wildman–Crippen MR) is 69.3 cm³/mol. The van der Waals surface area contributed by atoms with Crippen LogP contribution in [0.1, 0.15) is 29.6 Å². The lowest BCUT2D eigenvalue weighted by molar-refractivity contribution is 0.0780. The van der Waals surface area contributed by atoms with Gasteiger partial charge >= 0.3 is 0 Å². The Balaban J connectivity index is 1.54. The van der Waals surface area contributed by atoms with Gasteiger partial charge in [0.15, 0.2) is 11.5 Å². The van der Waals surface area contributed by atoms with E-state index in [0.717, 1.165) is 30.7 Å². The molecule has 0 bridgehead atoms. The third-order valence-corrected chi connectivity index (χ3v) is 4.63. The van der Waals surface area contributed by atoms with Crippen LogP contribution in [-0.4, -0.2) is 30.7 Å². The Morgan fingerprint density at radius 2 is 1.84 bits per heavy atom. The lowest BCUT2D eigenvalue weighted by atomic mass is 10.0. The zero-order chi connectivity index (χ0) is 12.8. The molecule has 100 valence electrons. The van der Waals surface area contributed by atoms with Crippen LogP contribution in [0.25, 0.3) is 0 Å². The molecular weight excluding hydrogens is 242 g/mol. The van der Waals surface area contributed by atoms with Gasteiger partial charge in [-0.05, 0) is 42.9 Å². The number of rotatable bonds is 1. The smallest absolute Gasteiger partial charge is 0.254 e. The topological polar surface area (TPSA) is 38.8 Å². The molecule has 2 aliphatic heterocycles. The molecule has 1 amide bonds. The minimum Gasteiger partial charge on any atom is -0.454 e. The van der Waals surface area contributed by atoms with Gasteiger partial charge in [-0.1, -0.05) is 6.42 Å². The highest BCUT2D eigenvalue weighted by atomic mass is 16.7. The van der Waals surface area contributed by atoms with Crippen LogP contribution in [-0.2, 0) is 0 Å². The zero-order valence-corrected chi connectivity index (χ0v) is 10.8. The number of fused-ring (bicyclic) bond motifs is 2. The van der Waals surface area contributed by atoms with Crippen LogP contribution < -0.4 is 9.47 Å². The monoisotopic (exact) mass is 259 g/mol. The van der Waals surface area contributed by atoms with E-state index >= 15 is 0 Å². The van der Waals surface area contributed by atoms with Gasteiger partial charge in [-0.3, -0.25) is 4.79 Å². The molecule has 0 aromatic heterocycles. The molecule has 1 saturated heterocycles. The van der Waals surface area contributed by atoms with E-state index in [1.807, 2.05) is 17.0 Å². The first-order valence-electron chi connectivity index (χ1n) is 7.00. The maximum Gasteiger partial charge on any atom is 0.254 e. The molecular formula is C15H17NO3. The van der Waals surface area contributed by atoms with E-state index in [9.17, 15) is 4.79 Å². The van der Waals surface area contributed by atoms with Gasteiger partial charge in [0.2, 0.25) is 6.79 Å². The Labute approximate surface area is 112 Å². The van der Waals surface area contributed by atoms with E-state index in [-0.39, 0.29) is 12.7 Å². The second kappa shape index (κ2) is 4.15. The highest BCUT2D eigenvalue weighted by molar-refractivity contribution is 5.95. The van der Waals surface area contributed by atoms with Crippen molar-refractivity contribution < 1.29 is 14.3 Å². The zero-order valence-electron chi connectivity index (χ0n) is 10.8. The van der Waals surface area contributed by atoms with Crippen molar-refractivity contribution in [1.82, 2.24) is 4.90 Å². The van der Waals surface area contributed by atoms with Gasteiger partial charge < -0.3 is 14.4 Å². The van der Waals surface area contributed by atoms with Crippen LogP contribution in [0.5, 0.6) is 11.5 Å². The fraction of sp³-hybridized carbons (Fsp3) is 0.533. The Bertz CT molecular complexity index is 516. The summed E-state index contributed by atoms with van der Waals surface area (Å²) in [7, 11) is 0. The molecule has 2 atom stereocenters. The van der Waals surface area contributed by atoms with Crippen LogP contribution in [0, 0.1) is 11.8 Å². The molecule has 1 saturated carbocycles. The van der Waals surface area contributed by atoms with Gasteiger partial charge in [0.05, 0.1) is 0 Å². The van der Waals surface area contributed by atoms with E-state index in [2.05, 4.69) is 0 Å². The average Bonchev–Trinajstić information content (AvgIpc) is 3.11. The van der Waals surface area contributed by atoms with Crippen LogP contribution in [0.2, 0.25) is 0 Å². The number of benzene rings is 1. The molecule has 3 aliphatic rings. The molecule has 1 aromatic rings. The van der Waals surface area contributed by atoms with Crippen molar-refractivity contribution in [3.63, 3.8) is 0 Å². The van der Waals surface area contributed by atoms with Crippen molar-refractivity contribution in [3.8, 4) is 11.5 Å². The van der Waals surface area contributed by atoms with Gasteiger partial charge in [-0.2, -0.15) is 0 Å². The second-order valence-corrected chi connectivity index (χ2v) is 5.73. The van der Waals surface area contributed by atoms with Crippen LogP contribution in [0.4, 0.5) is 0 Å². The normalized spacial score (nSPS) is 27.7. The summed E-state index contributed by atoms with van der Waals surface area (Å²) in [5.74, 6) is 3.02. The number of hydrogen-bond acceptors (Lipinski definition) is 3. The summed E-state index contributed by atoms with van der Waals surface area (Å²) < 4.78 is 10.6. The van der Waals surface area contributed by atoms with Gasteiger partial charge in [-0.15, -0.1) is 0 Å². The fourth-order valence-electron chi connectivity index (χ4n) is 3.61. The van der Waals surface area contributed by atoms with Gasteiger partial charge in [0.1, 0.15) is 0 Å². The molecule has 1 aliphatic carbocycles. The highest BCUT2D eigenvalue weighted by Gasteiger charge is 2.38. The van der Waals surface area contributed by atoms with Gasteiger partial charge in [0.25, 0.3) is 5.91 Å². The summed E-state index contributed by atoms with van der Waals surface area (Å²) in [6, 6.07) is 5.47. The molecule has 19 heavy (non-hydrogen) atoms. The number of ether oxygens (including phenoxy) is 2. The second-order valence-electron chi connectivity index (χ2n) is 5.73. The minimum absolute atomic E-state index is 0.132. The number of hydrogen-bond donors (Lipinski definition) is 0. The standard InChI is InChI=1S/C15H17NO3/c17-15(16-7-11-2-1-3-12(11)8-16)10-4-5-13-14(6-10)19-9-18-13/h4-6,11-12H,1-3,7-9H2. The first kappa shape index (κ1) is 11.1. The summed E-state index contributed by atoms with van der Waals surface area (Å²) in [4.78, 5) is 14.5. The van der Waals surface area contributed by atoms with Gasteiger partial charge in [-0.25, -0.2) is 0 Å². The quantitative estimate of drug-likeness (QED) is 0.776. The van der Waals surface area contributed by atoms with Crippen LogP contribution >= 0.6 is 0 Å². The number of amides is 1. The third kappa shape index (κ3) is 1.78. The first-order valence-corrected chi connectivity index (χ1v) is 7.00. The number of carbonyl (C=O) groups is 1. The SMILES string of the molecule is O=C(c1ccc2c(c1)OCO2)N1CC2CCCC2C1. The van der Waals surface area contributed by atoms with Crippen molar-refractivity contribution >= 4 is 5.91 Å². The lowest BCUT2D eigenvalue weighted by Crippen LogP contribution is -2.29. The Kier molecular flexibility index (Phi) is 2.43. The average molecular weight is 259 g/mol. The van der Waals surface area contributed by atoms with E-state index in [0.29, 0.717) is 11.3 Å². The first-order chi connectivity index (χ1) is 9.31. The highest BCUT2D eigenvalue weighted by Crippen LogP contribution is 2.39. The van der Waals surface area contributed by atoms with E-state index < -0.39 is 0 Å². The molecule has 0 radical (unpaired) electrons. The van der Waals surface area contributed by atoms with Crippen molar-refractivity contribution in [1.29, 1.82) is 0 Å². The summed E-state index contributed by atoms with van der Waals surface area (Å²) in [5.41, 5.74) is 0.712. The molecule has 4 rings (SSSR count). The molecule has 4 heteroatoms. The van der Waals surface area contributed by atoms with E-state index in [1.165, 1.54) is 19.3 Å². The van der Waals surface area contributed by atoms with Crippen LogP contribution in [0.15, 0.2) is 18.2 Å². The third-order valence-electron chi connectivity index (χ3n) is 4.63. The minimum atomic E-state index is 0.132. The summed E-state index contributed by atoms with van der Waals surface area (Å²) in [6.45, 7) is 2.11. The summed E-state index contributed by atoms with van der Waals surface area (Å²) >= 11 is 0. The molecule has 0 N–H and O–H groups in total. The fourth-order valence-corrected chi connectivity index (χ4v) is 3.61. The number of carbonyl (C=O) groups excluding carboxylic acids is 1. The summed E-state index contributed by atoms with van der Waals surface area (Å²) in [5, 5.41) is 0. The van der Waals surface area contributed by atoms with Crippen molar-refractivity contribution in [2.75, 3.05) is 19.9 Å². The molecule has 4 nitrogen and oxygen atoms in total. The van der Waals surface area contributed by atoms with E-state index in [1.54, 1.807) is 6.07 Å². The van der Waals surface area contributed by atoms with Crippen molar-refractivity contribution in [2.24, 2.45) is 11.8 Å². The molecule has 2 unspecified atom stereocenters. The molecule has 2 fully saturated rings. The van der Waals surface area contributed by atoms with Crippen molar-refractivity contribution in [3.05, 3.63) is 23.8 Å². The number of nitrogens with zero attached hydrogens (tertiary/aromatic N) is 1.